The van der Waals surface area contributed by atoms with E-state index in [1.165, 1.54) is 0 Å². The lowest BCUT2D eigenvalue weighted by molar-refractivity contribution is -0.120. The summed E-state index contributed by atoms with van der Waals surface area (Å²) in [6.07, 6.45) is 2.11. The van der Waals surface area contributed by atoms with Crippen LogP contribution in [-0.2, 0) is 20.9 Å². The number of allylic oxidation sites excluding steroid dienone is 4. The highest BCUT2D eigenvalue weighted by molar-refractivity contribution is 14.1. The number of hydrogen-bond acceptors (Lipinski definition) is 5. The average molecular weight is 681 g/mol. The molecule has 0 unspecified atom stereocenters. The summed E-state index contributed by atoms with van der Waals surface area (Å²) in [6.45, 7) is 8.55. The minimum Gasteiger partial charge on any atom is -0.493 e. The Morgan fingerprint density at radius 3 is 2.05 bits per heavy atom. The van der Waals surface area contributed by atoms with E-state index in [1.54, 1.807) is 19.2 Å². The third kappa shape index (κ3) is 5.62. The molecular formula is C31H31Cl2IO5. The number of ether oxygens (including phenoxy) is 3. The molecule has 8 heteroatoms. The van der Waals surface area contributed by atoms with Gasteiger partial charge in [-0.25, -0.2) is 0 Å². The number of halogens is 3. The van der Waals surface area contributed by atoms with E-state index in [9.17, 15) is 9.59 Å². The molecule has 0 atom stereocenters. The van der Waals surface area contributed by atoms with Crippen LogP contribution in [0.2, 0.25) is 10.0 Å². The number of Topliss-reactive ketones (excluding diaryl/α,β-unsaturated/α-hetero) is 2. The van der Waals surface area contributed by atoms with Gasteiger partial charge in [0.1, 0.15) is 18.1 Å². The Balaban J connectivity index is 1.59. The maximum atomic E-state index is 13.6. The molecule has 1 aliphatic heterocycles. The van der Waals surface area contributed by atoms with E-state index < -0.39 is 5.92 Å². The smallest absolute Gasteiger partial charge is 0.174 e. The predicted octanol–water partition coefficient (Wildman–Crippen LogP) is 8.59. The zero-order valence-corrected chi connectivity index (χ0v) is 26.3. The molecule has 0 bridgehead atoms. The predicted molar refractivity (Wildman–Crippen MR) is 160 cm³/mol. The van der Waals surface area contributed by atoms with Crippen molar-refractivity contribution in [2.45, 2.75) is 65.9 Å². The van der Waals surface area contributed by atoms with Crippen LogP contribution in [0.5, 0.6) is 11.5 Å². The lowest BCUT2D eigenvalue weighted by atomic mass is 9.65. The highest BCUT2D eigenvalue weighted by atomic mass is 127. The van der Waals surface area contributed by atoms with Gasteiger partial charge in [-0.3, -0.25) is 9.59 Å². The standard InChI is InChI=1S/C31H31Cl2IO5/c1-30(2)11-21(35)27-24(13-30)39-25-14-31(3,4)12-22(36)28(25)26(27)17-8-20(34)29(23(9-17)37-5)38-15-16-6-7-18(32)10-19(16)33/h6-10,26H,11-15H2,1-5H3. The van der Waals surface area contributed by atoms with Gasteiger partial charge in [-0.05, 0) is 63.2 Å². The second kappa shape index (κ2) is 10.4. The highest BCUT2D eigenvalue weighted by Crippen LogP contribution is 2.54. The monoisotopic (exact) mass is 680 g/mol. The molecule has 2 aliphatic carbocycles. The largest absolute Gasteiger partial charge is 0.493 e. The van der Waals surface area contributed by atoms with Gasteiger partial charge >= 0.3 is 0 Å². The first kappa shape index (κ1) is 28.5. The summed E-state index contributed by atoms with van der Waals surface area (Å²) in [4.78, 5) is 27.2. The fourth-order valence-electron chi connectivity index (χ4n) is 5.84. The van der Waals surface area contributed by atoms with E-state index >= 15 is 0 Å². The Bertz CT molecular complexity index is 1400. The molecule has 0 aromatic heterocycles. The SMILES string of the molecule is COc1cc(C2C3=C(CC(C)(C)CC3=O)OC3=C2C(=O)CC(C)(C)C3)cc(I)c1OCc1ccc(Cl)cc1Cl. The second-order valence-corrected chi connectivity index (χ2v) is 14.2. The summed E-state index contributed by atoms with van der Waals surface area (Å²) in [6, 6.07) is 9.14. The third-order valence-corrected chi connectivity index (χ3v) is 8.94. The van der Waals surface area contributed by atoms with E-state index in [0.29, 0.717) is 69.9 Å². The van der Waals surface area contributed by atoms with Crippen LogP contribution in [0, 0.1) is 14.4 Å². The molecule has 5 rings (SSSR count). The van der Waals surface area contributed by atoms with Crippen molar-refractivity contribution in [1.82, 2.24) is 0 Å². The quantitative estimate of drug-likeness (QED) is 0.296. The maximum Gasteiger partial charge on any atom is 0.174 e. The number of benzene rings is 2. The number of hydrogen-bond donors (Lipinski definition) is 0. The Labute approximate surface area is 253 Å². The van der Waals surface area contributed by atoms with Crippen LogP contribution in [0.15, 0.2) is 53.0 Å². The fraction of sp³-hybridized carbons (Fsp3) is 0.419. The van der Waals surface area contributed by atoms with E-state index in [4.69, 9.17) is 37.4 Å². The van der Waals surface area contributed by atoms with E-state index in [2.05, 4.69) is 50.3 Å². The van der Waals surface area contributed by atoms with Crippen molar-refractivity contribution in [3.05, 3.63) is 77.7 Å². The number of carbonyl (C=O) groups is 2. The van der Waals surface area contributed by atoms with Gasteiger partial charge in [-0.15, -0.1) is 0 Å². The van der Waals surface area contributed by atoms with Crippen LogP contribution in [0.4, 0.5) is 0 Å². The summed E-state index contributed by atoms with van der Waals surface area (Å²) in [7, 11) is 1.58. The maximum absolute atomic E-state index is 13.6. The van der Waals surface area contributed by atoms with Gasteiger partial charge < -0.3 is 14.2 Å². The molecule has 5 nitrogen and oxygen atoms in total. The molecule has 206 valence electrons. The Morgan fingerprint density at radius 1 is 0.923 bits per heavy atom. The van der Waals surface area contributed by atoms with E-state index in [0.717, 1.165) is 14.7 Å². The van der Waals surface area contributed by atoms with Crippen molar-refractivity contribution < 1.29 is 23.8 Å². The normalized spacial score (nSPS) is 20.4. The van der Waals surface area contributed by atoms with E-state index in [-0.39, 0.29) is 29.0 Å². The topological polar surface area (TPSA) is 61.8 Å². The Hall–Kier alpha value is -2.03. The lowest BCUT2D eigenvalue weighted by Crippen LogP contribution is -2.37. The fourth-order valence-corrected chi connectivity index (χ4v) is 7.09. The third-order valence-electron chi connectivity index (χ3n) is 7.55. The summed E-state index contributed by atoms with van der Waals surface area (Å²) >= 11 is 14.6. The van der Waals surface area contributed by atoms with E-state index in [1.807, 2.05) is 18.2 Å². The van der Waals surface area contributed by atoms with Gasteiger partial charge in [0.2, 0.25) is 0 Å². The van der Waals surface area contributed by atoms with Crippen molar-refractivity contribution in [2.24, 2.45) is 10.8 Å². The molecule has 2 aromatic rings. The molecule has 0 N–H and O–H groups in total. The average Bonchev–Trinajstić information content (AvgIpc) is 2.81. The molecule has 39 heavy (non-hydrogen) atoms. The molecule has 0 amide bonds. The summed E-state index contributed by atoms with van der Waals surface area (Å²) in [5.74, 6) is 2.03. The summed E-state index contributed by atoms with van der Waals surface area (Å²) < 4.78 is 19.2. The van der Waals surface area contributed by atoms with Gasteiger partial charge in [0.25, 0.3) is 0 Å². The molecule has 0 saturated heterocycles. The first-order valence-electron chi connectivity index (χ1n) is 12.9. The molecule has 3 aliphatic rings. The first-order chi connectivity index (χ1) is 18.3. The number of carbonyl (C=O) groups excluding carboxylic acids is 2. The zero-order chi connectivity index (χ0) is 28.3. The van der Waals surface area contributed by atoms with Crippen LogP contribution in [0.25, 0.3) is 0 Å². The van der Waals surface area contributed by atoms with Crippen molar-refractivity contribution in [1.29, 1.82) is 0 Å². The number of methoxy groups -OCH3 is 1. The van der Waals surface area contributed by atoms with Gasteiger partial charge in [0, 0.05) is 58.4 Å². The van der Waals surface area contributed by atoms with Crippen LogP contribution in [0.3, 0.4) is 0 Å². The number of ketones is 2. The van der Waals surface area contributed by atoms with Gasteiger partial charge in [-0.2, -0.15) is 0 Å². The van der Waals surface area contributed by atoms with Gasteiger partial charge in [0.15, 0.2) is 23.1 Å². The minimum absolute atomic E-state index is 0.0297. The van der Waals surface area contributed by atoms with Crippen LogP contribution < -0.4 is 9.47 Å². The van der Waals surface area contributed by atoms with Crippen molar-refractivity contribution in [2.75, 3.05) is 7.11 Å². The first-order valence-corrected chi connectivity index (χ1v) is 14.8. The Kier molecular flexibility index (Phi) is 7.61. The molecule has 2 aromatic carbocycles. The summed E-state index contributed by atoms with van der Waals surface area (Å²) in [5.41, 5.74) is 2.39. The molecular weight excluding hydrogens is 650 g/mol. The molecule has 1 heterocycles. The lowest BCUT2D eigenvalue weighted by Gasteiger charge is -2.42. The summed E-state index contributed by atoms with van der Waals surface area (Å²) in [5, 5.41) is 1.08. The highest BCUT2D eigenvalue weighted by Gasteiger charge is 2.48. The second-order valence-electron chi connectivity index (χ2n) is 12.1. The zero-order valence-electron chi connectivity index (χ0n) is 22.7. The van der Waals surface area contributed by atoms with Crippen LogP contribution in [0.1, 0.15) is 70.4 Å². The van der Waals surface area contributed by atoms with Gasteiger partial charge in [-0.1, -0.05) is 57.0 Å². The van der Waals surface area contributed by atoms with Crippen molar-refractivity contribution in [3.63, 3.8) is 0 Å². The molecule has 0 saturated carbocycles. The van der Waals surface area contributed by atoms with Crippen LogP contribution in [-0.4, -0.2) is 18.7 Å². The Morgan fingerprint density at radius 2 is 1.51 bits per heavy atom. The molecule has 0 spiro atoms. The minimum atomic E-state index is -0.502. The van der Waals surface area contributed by atoms with Crippen LogP contribution >= 0.6 is 45.8 Å². The van der Waals surface area contributed by atoms with Crippen molar-refractivity contribution >= 4 is 57.4 Å². The van der Waals surface area contributed by atoms with Crippen molar-refractivity contribution in [3.8, 4) is 11.5 Å². The molecule has 0 fully saturated rings. The van der Waals surface area contributed by atoms with Gasteiger partial charge in [0.05, 0.1) is 10.7 Å². The number of rotatable bonds is 5. The molecule has 0 radical (unpaired) electrons.